The van der Waals surface area contributed by atoms with E-state index in [1.54, 1.807) is 0 Å². The molecule has 0 saturated heterocycles. The first-order valence-electron chi connectivity index (χ1n) is 9.10. The van der Waals surface area contributed by atoms with Gasteiger partial charge in [0, 0.05) is 5.92 Å². The van der Waals surface area contributed by atoms with Crippen LogP contribution in [0.15, 0.2) is 29.4 Å². The number of carbonyl (C=O) groups is 1. The van der Waals surface area contributed by atoms with Crippen LogP contribution in [0.4, 0.5) is 0 Å². The highest BCUT2D eigenvalue weighted by Crippen LogP contribution is 2.41. The van der Waals surface area contributed by atoms with Gasteiger partial charge >= 0.3 is 5.97 Å². The van der Waals surface area contributed by atoms with E-state index in [-0.39, 0.29) is 17.5 Å². The van der Waals surface area contributed by atoms with Gasteiger partial charge in [-0.05, 0) is 36.3 Å². The van der Waals surface area contributed by atoms with Crippen LogP contribution in [0.5, 0.6) is 0 Å². The maximum absolute atomic E-state index is 12.4. The molecule has 0 spiro atoms. The normalized spacial score (nSPS) is 24.4. The van der Waals surface area contributed by atoms with Gasteiger partial charge in [-0.15, -0.1) is 0 Å². The molecular weight excluding hydrogens is 332 g/mol. The molecular formula is C20H28N2O2S. The fourth-order valence-electron chi connectivity index (χ4n) is 3.78. The van der Waals surface area contributed by atoms with Crippen molar-refractivity contribution >= 4 is 28.8 Å². The number of aromatic nitrogens is 2. The van der Waals surface area contributed by atoms with Gasteiger partial charge in [-0.2, -0.15) is 0 Å². The second-order valence-electron chi connectivity index (χ2n) is 8.27. The molecule has 1 heterocycles. The number of carbonyl (C=O) groups excluding carboxylic acids is 1. The highest BCUT2D eigenvalue weighted by Gasteiger charge is 2.38. The molecule has 3 rings (SSSR count). The molecule has 3 atom stereocenters. The van der Waals surface area contributed by atoms with Crippen molar-refractivity contribution in [2.45, 2.75) is 58.2 Å². The first kappa shape index (κ1) is 18.3. The number of nitrogens with one attached hydrogen (secondary N) is 1. The number of aromatic amines is 1. The topological polar surface area (TPSA) is 55.0 Å². The Bertz CT molecular complexity index is 702. The molecule has 1 aliphatic rings. The van der Waals surface area contributed by atoms with Crippen molar-refractivity contribution in [1.29, 1.82) is 0 Å². The number of fused-ring (bicyclic) bond motifs is 1. The number of hydrogen-bond acceptors (Lipinski definition) is 4. The number of para-hydroxylation sites is 2. The van der Waals surface area contributed by atoms with E-state index in [0.29, 0.717) is 17.6 Å². The van der Waals surface area contributed by atoms with Crippen LogP contribution in [0.2, 0.25) is 0 Å². The lowest BCUT2D eigenvalue weighted by Crippen LogP contribution is -2.40. The first-order valence-corrected chi connectivity index (χ1v) is 10.1. The van der Waals surface area contributed by atoms with Gasteiger partial charge in [0.2, 0.25) is 0 Å². The van der Waals surface area contributed by atoms with Gasteiger partial charge in [-0.25, -0.2) is 4.98 Å². The second kappa shape index (κ2) is 7.40. The lowest BCUT2D eigenvalue weighted by molar-refractivity contribution is -0.154. The smallest absolute Gasteiger partial charge is 0.316 e. The van der Waals surface area contributed by atoms with Crippen molar-refractivity contribution in [2.24, 2.45) is 17.3 Å². The zero-order valence-corrected chi connectivity index (χ0v) is 16.4. The molecule has 1 aliphatic carbocycles. The minimum absolute atomic E-state index is 0.0347. The minimum atomic E-state index is -0.140. The number of rotatable bonds is 4. The van der Waals surface area contributed by atoms with Gasteiger partial charge in [-0.1, -0.05) is 58.0 Å². The van der Waals surface area contributed by atoms with Crippen LogP contribution in [0.3, 0.4) is 0 Å². The summed E-state index contributed by atoms with van der Waals surface area (Å²) < 4.78 is 5.90. The van der Waals surface area contributed by atoms with E-state index in [2.05, 4.69) is 37.7 Å². The molecule has 136 valence electrons. The molecule has 0 radical (unpaired) electrons. The van der Waals surface area contributed by atoms with Crippen molar-refractivity contribution in [3.63, 3.8) is 0 Å². The van der Waals surface area contributed by atoms with E-state index >= 15 is 0 Å². The van der Waals surface area contributed by atoms with E-state index in [9.17, 15) is 4.79 Å². The van der Waals surface area contributed by atoms with E-state index in [1.165, 1.54) is 18.2 Å². The summed E-state index contributed by atoms with van der Waals surface area (Å²) in [5, 5.41) is 0.766. The molecule has 0 amide bonds. The summed E-state index contributed by atoms with van der Waals surface area (Å²) in [6.07, 6.45) is 3.37. The zero-order chi connectivity index (χ0) is 18.0. The molecule has 25 heavy (non-hydrogen) atoms. The predicted octanol–water partition coefficient (Wildman–Crippen LogP) is 5.05. The fourth-order valence-corrected chi connectivity index (χ4v) is 4.45. The Balaban J connectivity index is 1.58. The van der Waals surface area contributed by atoms with Crippen LogP contribution >= 0.6 is 11.8 Å². The van der Waals surface area contributed by atoms with Gasteiger partial charge in [0.15, 0.2) is 5.16 Å². The Hall–Kier alpha value is -1.49. The third-order valence-electron chi connectivity index (χ3n) is 5.14. The van der Waals surface area contributed by atoms with E-state index in [1.807, 2.05) is 24.3 Å². The fraction of sp³-hybridized carbons (Fsp3) is 0.600. The second-order valence-corrected chi connectivity index (χ2v) is 9.23. The minimum Gasteiger partial charge on any atom is -0.461 e. The highest BCUT2D eigenvalue weighted by atomic mass is 32.2. The Morgan fingerprint density at radius 3 is 2.80 bits per heavy atom. The quantitative estimate of drug-likeness (QED) is 0.612. The van der Waals surface area contributed by atoms with Crippen LogP contribution in [0.25, 0.3) is 11.0 Å². The summed E-state index contributed by atoms with van der Waals surface area (Å²) >= 11 is 1.41. The number of nitrogens with zero attached hydrogens (tertiary/aromatic N) is 1. The van der Waals surface area contributed by atoms with Gasteiger partial charge in [-0.3, -0.25) is 4.79 Å². The van der Waals surface area contributed by atoms with Crippen LogP contribution in [-0.2, 0) is 9.53 Å². The largest absolute Gasteiger partial charge is 0.461 e. The maximum Gasteiger partial charge on any atom is 0.316 e. The van der Waals surface area contributed by atoms with Crippen LogP contribution in [0.1, 0.15) is 47.0 Å². The van der Waals surface area contributed by atoms with Crippen molar-refractivity contribution in [3.05, 3.63) is 24.3 Å². The molecule has 4 nitrogen and oxygen atoms in total. The lowest BCUT2D eigenvalue weighted by atomic mass is 9.68. The van der Waals surface area contributed by atoms with Crippen molar-refractivity contribution in [1.82, 2.24) is 9.97 Å². The Morgan fingerprint density at radius 1 is 1.32 bits per heavy atom. The van der Waals surface area contributed by atoms with Gasteiger partial charge in [0.1, 0.15) is 6.10 Å². The Kier molecular flexibility index (Phi) is 5.42. The molecule has 3 unspecified atom stereocenters. The third-order valence-corrected chi connectivity index (χ3v) is 5.99. The van der Waals surface area contributed by atoms with Crippen LogP contribution in [0, 0.1) is 17.3 Å². The summed E-state index contributed by atoms with van der Waals surface area (Å²) in [5.41, 5.74) is 2.08. The number of ether oxygens (including phenoxy) is 1. The summed E-state index contributed by atoms with van der Waals surface area (Å²) in [7, 11) is 0. The van der Waals surface area contributed by atoms with Crippen molar-refractivity contribution < 1.29 is 9.53 Å². The van der Waals surface area contributed by atoms with Gasteiger partial charge in [0.25, 0.3) is 0 Å². The molecule has 1 N–H and O–H groups in total. The first-order chi connectivity index (χ1) is 11.8. The number of imidazole rings is 1. The third kappa shape index (κ3) is 4.57. The molecule has 0 aliphatic heterocycles. The number of thioether (sulfide) groups is 1. The average Bonchev–Trinajstić information content (AvgIpc) is 2.94. The molecule has 1 fully saturated rings. The summed E-state index contributed by atoms with van der Waals surface area (Å²) in [6, 6.07) is 7.89. The van der Waals surface area contributed by atoms with E-state index in [0.717, 1.165) is 29.0 Å². The monoisotopic (exact) mass is 360 g/mol. The standard InChI is InChI=1S/C20H28N2O2S/c1-13-9-10-14(20(2,3)4)17(11-13)24-18(23)12-25-19-21-15-7-5-6-8-16(15)22-19/h5-8,13-14,17H,9-12H2,1-4H3,(H,21,22). The lowest BCUT2D eigenvalue weighted by Gasteiger charge is -2.41. The summed E-state index contributed by atoms with van der Waals surface area (Å²) in [4.78, 5) is 20.1. The molecule has 1 saturated carbocycles. The van der Waals surface area contributed by atoms with E-state index < -0.39 is 0 Å². The number of H-pyrrole nitrogens is 1. The summed E-state index contributed by atoms with van der Waals surface area (Å²) in [6.45, 7) is 9.00. The van der Waals surface area contributed by atoms with Crippen molar-refractivity contribution in [2.75, 3.05) is 5.75 Å². The molecule has 1 aromatic heterocycles. The Morgan fingerprint density at radius 2 is 2.08 bits per heavy atom. The molecule has 0 bridgehead atoms. The van der Waals surface area contributed by atoms with Crippen LogP contribution < -0.4 is 0 Å². The summed E-state index contributed by atoms with van der Waals surface area (Å²) in [5.74, 6) is 1.21. The SMILES string of the molecule is CC1CCC(C(C)(C)C)C(OC(=O)CSc2nc3ccccc3[nH]2)C1. The number of benzene rings is 1. The number of hydrogen-bond donors (Lipinski definition) is 1. The maximum atomic E-state index is 12.4. The highest BCUT2D eigenvalue weighted by molar-refractivity contribution is 7.99. The molecule has 5 heteroatoms. The average molecular weight is 361 g/mol. The van der Waals surface area contributed by atoms with Gasteiger partial charge in [0.05, 0.1) is 16.8 Å². The van der Waals surface area contributed by atoms with E-state index in [4.69, 9.17) is 4.74 Å². The van der Waals surface area contributed by atoms with Gasteiger partial charge < -0.3 is 9.72 Å². The van der Waals surface area contributed by atoms with Crippen LogP contribution in [-0.4, -0.2) is 27.8 Å². The molecule has 2 aromatic rings. The van der Waals surface area contributed by atoms with Crippen molar-refractivity contribution in [3.8, 4) is 0 Å². The number of esters is 1. The molecule has 1 aromatic carbocycles. The predicted molar refractivity (Wildman–Crippen MR) is 103 cm³/mol. The zero-order valence-electron chi connectivity index (χ0n) is 15.5. The Labute approximate surface area is 154 Å².